The van der Waals surface area contributed by atoms with Crippen LogP contribution < -0.4 is 0 Å². The second-order valence-electron chi connectivity index (χ2n) is 3.28. The highest BCUT2D eigenvalue weighted by molar-refractivity contribution is 7.07. The summed E-state index contributed by atoms with van der Waals surface area (Å²) in [5, 5.41) is 19.9. The van der Waals surface area contributed by atoms with Gasteiger partial charge in [0.25, 0.3) is 0 Å². The van der Waals surface area contributed by atoms with E-state index in [2.05, 4.69) is 4.98 Å². The van der Waals surface area contributed by atoms with E-state index in [9.17, 15) is 0 Å². The van der Waals surface area contributed by atoms with Crippen molar-refractivity contribution < 1.29 is 10.2 Å². The standard InChI is InChI=1S/C8H13NO2S/c1-8(4-10,5-11)2-7-3-12-6-9-7/h3,6,10-11H,2,4-5H2,1H3. The predicted octanol–water partition coefficient (Wildman–Crippen LogP) is 0.676. The molecular formula is C8H13NO2S. The Labute approximate surface area is 75.7 Å². The number of aliphatic hydroxyl groups is 2. The van der Waals surface area contributed by atoms with Crippen molar-refractivity contribution in [3.63, 3.8) is 0 Å². The maximum atomic E-state index is 9.00. The van der Waals surface area contributed by atoms with Crippen LogP contribution in [0.1, 0.15) is 12.6 Å². The minimum Gasteiger partial charge on any atom is -0.396 e. The highest BCUT2D eigenvalue weighted by Gasteiger charge is 2.23. The number of nitrogens with zero attached hydrogens (tertiary/aromatic N) is 1. The fourth-order valence-corrected chi connectivity index (χ4v) is 1.48. The molecule has 0 bridgehead atoms. The maximum Gasteiger partial charge on any atom is 0.0794 e. The zero-order valence-electron chi connectivity index (χ0n) is 7.03. The fourth-order valence-electron chi connectivity index (χ4n) is 0.924. The summed E-state index contributed by atoms with van der Waals surface area (Å²) in [6, 6.07) is 0. The van der Waals surface area contributed by atoms with E-state index in [4.69, 9.17) is 10.2 Å². The third kappa shape index (κ3) is 2.27. The molecule has 0 saturated heterocycles. The SMILES string of the molecule is CC(CO)(CO)Cc1cscn1. The summed E-state index contributed by atoms with van der Waals surface area (Å²) in [5.74, 6) is 0. The Kier molecular flexibility index (Phi) is 3.20. The van der Waals surface area contributed by atoms with E-state index in [1.807, 2.05) is 12.3 Å². The van der Waals surface area contributed by atoms with Crippen LogP contribution >= 0.6 is 11.3 Å². The highest BCUT2D eigenvalue weighted by Crippen LogP contribution is 2.20. The van der Waals surface area contributed by atoms with Crippen LogP contribution in [0.2, 0.25) is 0 Å². The normalized spacial score (nSPS) is 11.9. The molecule has 12 heavy (non-hydrogen) atoms. The summed E-state index contributed by atoms with van der Waals surface area (Å²) in [4.78, 5) is 4.09. The summed E-state index contributed by atoms with van der Waals surface area (Å²) in [6.07, 6.45) is 0.628. The van der Waals surface area contributed by atoms with Crippen molar-refractivity contribution in [1.82, 2.24) is 4.98 Å². The Morgan fingerprint density at radius 1 is 1.50 bits per heavy atom. The van der Waals surface area contributed by atoms with Crippen LogP contribution in [-0.2, 0) is 6.42 Å². The van der Waals surface area contributed by atoms with E-state index in [0.717, 1.165) is 5.69 Å². The van der Waals surface area contributed by atoms with Crippen LogP contribution in [0.15, 0.2) is 10.9 Å². The second-order valence-corrected chi connectivity index (χ2v) is 4.00. The molecular weight excluding hydrogens is 174 g/mol. The van der Waals surface area contributed by atoms with Gasteiger partial charge in [-0.2, -0.15) is 0 Å². The summed E-state index contributed by atoms with van der Waals surface area (Å²) in [5.41, 5.74) is 2.25. The summed E-state index contributed by atoms with van der Waals surface area (Å²) >= 11 is 1.53. The van der Waals surface area contributed by atoms with Crippen LogP contribution in [0.3, 0.4) is 0 Å². The van der Waals surface area contributed by atoms with Crippen LogP contribution in [0.4, 0.5) is 0 Å². The smallest absolute Gasteiger partial charge is 0.0794 e. The highest BCUT2D eigenvalue weighted by atomic mass is 32.1. The molecule has 1 rings (SSSR count). The number of aliphatic hydroxyl groups excluding tert-OH is 2. The van der Waals surface area contributed by atoms with Crippen molar-refractivity contribution >= 4 is 11.3 Å². The topological polar surface area (TPSA) is 53.4 Å². The summed E-state index contributed by atoms with van der Waals surface area (Å²) in [6.45, 7) is 1.81. The largest absolute Gasteiger partial charge is 0.396 e. The van der Waals surface area contributed by atoms with Crippen molar-refractivity contribution in [1.29, 1.82) is 0 Å². The minimum atomic E-state index is -0.436. The van der Waals surface area contributed by atoms with Gasteiger partial charge in [-0.15, -0.1) is 11.3 Å². The fraction of sp³-hybridized carbons (Fsp3) is 0.625. The van der Waals surface area contributed by atoms with E-state index in [1.54, 1.807) is 5.51 Å². The van der Waals surface area contributed by atoms with Crippen LogP contribution in [0.5, 0.6) is 0 Å². The summed E-state index contributed by atoms with van der Waals surface area (Å²) < 4.78 is 0. The molecule has 0 radical (unpaired) electrons. The lowest BCUT2D eigenvalue weighted by atomic mass is 9.88. The zero-order chi connectivity index (χ0) is 9.03. The lowest BCUT2D eigenvalue weighted by Crippen LogP contribution is -2.28. The molecule has 1 aromatic rings. The molecule has 0 aromatic carbocycles. The first-order chi connectivity index (χ1) is 5.70. The van der Waals surface area contributed by atoms with Gasteiger partial charge in [0.1, 0.15) is 0 Å². The van der Waals surface area contributed by atoms with Gasteiger partial charge < -0.3 is 10.2 Å². The summed E-state index contributed by atoms with van der Waals surface area (Å²) in [7, 11) is 0. The third-order valence-electron chi connectivity index (χ3n) is 1.85. The predicted molar refractivity (Wildman–Crippen MR) is 48.1 cm³/mol. The van der Waals surface area contributed by atoms with Gasteiger partial charge in [-0.05, 0) is 0 Å². The van der Waals surface area contributed by atoms with Gasteiger partial charge in [0.05, 0.1) is 24.4 Å². The van der Waals surface area contributed by atoms with Crippen molar-refractivity contribution in [2.75, 3.05) is 13.2 Å². The van der Waals surface area contributed by atoms with Crippen LogP contribution in [-0.4, -0.2) is 28.4 Å². The molecule has 0 aliphatic heterocycles. The van der Waals surface area contributed by atoms with Crippen LogP contribution in [0, 0.1) is 5.41 Å². The number of thiazole rings is 1. The lowest BCUT2D eigenvalue weighted by Gasteiger charge is -2.22. The van der Waals surface area contributed by atoms with E-state index in [1.165, 1.54) is 11.3 Å². The number of aromatic nitrogens is 1. The maximum absolute atomic E-state index is 9.00. The molecule has 0 spiro atoms. The number of hydrogen-bond acceptors (Lipinski definition) is 4. The first-order valence-electron chi connectivity index (χ1n) is 3.79. The Hall–Kier alpha value is -0.450. The third-order valence-corrected chi connectivity index (χ3v) is 2.49. The number of rotatable bonds is 4. The molecule has 0 saturated carbocycles. The molecule has 0 amide bonds. The molecule has 1 heterocycles. The molecule has 3 nitrogen and oxygen atoms in total. The van der Waals surface area contributed by atoms with Crippen molar-refractivity contribution in [2.45, 2.75) is 13.3 Å². The molecule has 0 atom stereocenters. The molecule has 1 aromatic heterocycles. The molecule has 68 valence electrons. The first kappa shape index (κ1) is 9.64. The molecule has 0 unspecified atom stereocenters. The van der Waals surface area contributed by atoms with E-state index < -0.39 is 5.41 Å². The quantitative estimate of drug-likeness (QED) is 0.728. The van der Waals surface area contributed by atoms with Crippen molar-refractivity contribution in [2.24, 2.45) is 5.41 Å². The Morgan fingerprint density at radius 2 is 2.17 bits per heavy atom. The Balaban J connectivity index is 2.60. The average molecular weight is 187 g/mol. The first-order valence-corrected chi connectivity index (χ1v) is 4.73. The molecule has 2 N–H and O–H groups in total. The molecule has 4 heteroatoms. The van der Waals surface area contributed by atoms with E-state index in [0.29, 0.717) is 6.42 Å². The van der Waals surface area contributed by atoms with Gasteiger partial charge in [0.15, 0.2) is 0 Å². The molecule has 0 aliphatic carbocycles. The van der Waals surface area contributed by atoms with Crippen molar-refractivity contribution in [3.05, 3.63) is 16.6 Å². The Bertz CT molecular complexity index is 219. The van der Waals surface area contributed by atoms with Gasteiger partial charge in [0, 0.05) is 17.2 Å². The minimum absolute atomic E-state index is 0.0129. The monoisotopic (exact) mass is 187 g/mol. The van der Waals surface area contributed by atoms with Crippen molar-refractivity contribution in [3.8, 4) is 0 Å². The van der Waals surface area contributed by atoms with E-state index in [-0.39, 0.29) is 13.2 Å². The zero-order valence-corrected chi connectivity index (χ0v) is 7.84. The average Bonchev–Trinajstić information content (AvgIpc) is 2.57. The Morgan fingerprint density at radius 3 is 2.58 bits per heavy atom. The van der Waals surface area contributed by atoms with Gasteiger partial charge in [-0.3, -0.25) is 0 Å². The van der Waals surface area contributed by atoms with Gasteiger partial charge in [-0.1, -0.05) is 6.92 Å². The second kappa shape index (κ2) is 3.98. The van der Waals surface area contributed by atoms with Crippen LogP contribution in [0.25, 0.3) is 0 Å². The molecule has 0 fully saturated rings. The van der Waals surface area contributed by atoms with Gasteiger partial charge >= 0.3 is 0 Å². The molecule has 0 aliphatic rings. The lowest BCUT2D eigenvalue weighted by molar-refractivity contribution is 0.0697. The van der Waals surface area contributed by atoms with Gasteiger partial charge in [-0.25, -0.2) is 4.98 Å². The van der Waals surface area contributed by atoms with E-state index >= 15 is 0 Å². The van der Waals surface area contributed by atoms with Gasteiger partial charge in [0.2, 0.25) is 0 Å². The number of hydrogen-bond donors (Lipinski definition) is 2.